The number of hydrogen-bond acceptors (Lipinski definition) is 5. The van der Waals surface area contributed by atoms with E-state index in [-0.39, 0.29) is 24.3 Å². The van der Waals surface area contributed by atoms with Gasteiger partial charge in [-0.3, -0.25) is 14.4 Å². The van der Waals surface area contributed by atoms with E-state index < -0.39 is 47.5 Å². The van der Waals surface area contributed by atoms with Crippen molar-refractivity contribution in [2.24, 2.45) is 5.92 Å². The molecule has 0 aliphatic carbocycles. The highest BCUT2D eigenvalue weighted by Gasteiger charge is 2.41. The molecule has 1 aliphatic rings. The Morgan fingerprint density at radius 3 is 2.24 bits per heavy atom. The van der Waals surface area contributed by atoms with Gasteiger partial charge in [0.05, 0.1) is 12.5 Å². The Bertz CT molecular complexity index is 1270. The number of hydrogen-bond donors (Lipinski definition) is 3. The van der Waals surface area contributed by atoms with E-state index in [1.807, 2.05) is 6.07 Å². The van der Waals surface area contributed by atoms with Crippen molar-refractivity contribution < 1.29 is 28.4 Å². The molecule has 1 saturated heterocycles. The molecule has 3 N–H and O–H groups in total. The van der Waals surface area contributed by atoms with E-state index >= 15 is 0 Å². The first kappa shape index (κ1) is 27.1. The predicted molar refractivity (Wildman–Crippen MR) is 136 cm³/mol. The average molecular weight is 522 g/mol. The van der Waals surface area contributed by atoms with Gasteiger partial charge in [0.15, 0.2) is 5.78 Å². The van der Waals surface area contributed by atoms with E-state index in [1.165, 1.54) is 0 Å². The molecule has 0 aromatic heterocycles. The molecular formula is C29H29F2N3O4. The molecular weight excluding hydrogens is 492 g/mol. The number of Topliss-reactive ketones (excluding diaryl/α,β-unsaturated/α-hetero) is 1. The highest BCUT2D eigenvalue weighted by molar-refractivity contribution is 5.95. The van der Waals surface area contributed by atoms with E-state index in [0.29, 0.717) is 23.6 Å². The largest absolute Gasteiger partial charge is 0.342 e. The first-order valence-electron chi connectivity index (χ1n) is 12.4. The third-order valence-electron chi connectivity index (χ3n) is 6.65. The van der Waals surface area contributed by atoms with Crippen LogP contribution in [0.1, 0.15) is 42.1 Å². The maximum absolute atomic E-state index is 13.7. The molecule has 0 unspecified atom stereocenters. The first-order valence-corrected chi connectivity index (χ1v) is 12.4. The Morgan fingerprint density at radius 2 is 1.61 bits per heavy atom. The van der Waals surface area contributed by atoms with Gasteiger partial charge in [0.2, 0.25) is 11.8 Å². The van der Waals surface area contributed by atoms with E-state index in [4.69, 9.17) is 0 Å². The lowest BCUT2D eigenvalue weighted by Gasteiger charge is -2.32. The van der Waals surface area contributed by atoms with Crippen LogP contribution in [0.15, 0.2) is 78.9 Å². The molecule has 3 aromatic rings. The number of carbonyl (C=O) groups is 3. The van der Waals surface area contributed by atoms with Gasteiger partial charge in [-0.05, 0) is 35.2 Å². The monoisotopic (exact) mass is 521 g/mol. The van der Waals surface area contributed by atoms with Gasteiger partial charge in [-0.25, -0.2) is 8.78 Å². The summed E-state index contributed by atoms with van der Waals surface area (Å²) in [5, 5.41) is 17.3. The Kier molecular flexibility index (Phi) is 8.60. The molecule has 0 bridgehead atoms. The minimum atomic E-state index is -1.20. The van der Waals surface area contributed by atoms with Crippen LogP contribution in [0, 0.1) is 17.6 Å². The van der Waals surface area contributed by atoms with Crippen LogP contribution < -0.4 is 10.6 Å². The molecule has 1 heterocycles. The van der Waals surface area contributed by atoms with Gasteiger partial charge >= 0.3 is 0 Å². The molecule has 0 spiro atoms. The second-order valence-corrected chi connectivity index (χ2v) is 9.46. The average Bonchev–Trinajstić information content (AvgIpc) is 2.99. The third-order valence-corrected chi connectivity index (χ3v) is 6.65. The van der Waals surface area contributed by atoms with Crippen LogP contribution in [0.2, 0.25) is 0 Å². The molecule has 1 aliphatic heterocycles. The number of halogens is 2. The van der Waals surface area contributed by atoms with E-state index in [9.17, 15) is 28.4 Å². The fraction of sp³-hybridized carbons (Fsp3) is 0.276. The van der Waals surface area contributed by atoms with Crippen molar-refractivity contribution in [1.29, 1.82) is 0 Å². The Balaban J connectivity index is 1.61. The summed E-state index contributed by atoms with van der Waals surface area (Å²) < 4.78 is 27.2. The third kappa shape index (κ3) is 6.48. The highest BCUT2D eigenvalue weighted by atomic mass is 19.1. The Labute approximate surface area is 219 Å². The van der Waals surface area contributed by atoms with E-state index in [2.05, 4.69) is 10.6 Å². The second-order valence-electron chi connectivity index (χ2n) is 9.46. The summed E-state index contributed by atoms with van der Waals surface area (Å²) in [6.45, 7) is 1.99. The topological polar surface area (TPSA) is 98.7 Å². The first-order chi connectivity index (χ1) is 18.2. The zero-order chi connectivity index (χ0) is 27.2. The van der Waals surface area contributed by atoms with Crippen molar-refractivity contribution in [3.8, 4) is 0 Å². The number of ketones is 1. The maximum Gasteiger partial charge on any atom is 0.247 e. The molecule has 1 fully saturated rings. The Morgan fingerprint density at radius 1 is 1.00 bits per heavy atom. The van der Waals surface area contributed by atoms with Crippen LogP contribution in [0.4, 0.5) is 8.78 Å². The Hall–Kier alpha value is -3.95. The number of benzene rings is 3. The van der Waals surface area contributed by atoms with Gasteiger partial charge in [-0.15, -0.1) is 0 Å². The van der Waals surface area contributed by atoms with Crippen molar-refractivity contribution in [3.05, 3.63) is 107 Å². The highest BCUT2D eigenvalue weighted by Crippen LogP contribution is 2.30. The smallest absolute Gasteiger partial charge is 0.247 e. The van der Waals surface area contributed by atoms with Crippen LogP contribution in [-0.2, 0) is 20.8 Å². The molecule has 9 heteroatoms. The van der Waals surface area contributed by atoms with Gasteiger partial charge in [0.25, 0.3) is 0 Å². The summed E-state index contributed by atoms with van der Waals surface area (Å²) in [6.07, 6.45) is 0.0514. The van der Waals surface area contributed by atoms with Gasteiger partial charge in [0, 0.05) is 18.5 Å². The van der Waals surface area contributed by atoms with Crippen LogP contribution in [0.5, 0.6) is 0 Å². The summed E-state index contributed by atoms with van der Waals surface area (Å²) in [5.74, 6) is -3.58. The zero-order valence-electron chi connectivity index (χ0n) is 20.8. The molecule has 0 radical (unpaired) electrons. The lowest BCUT2D eigenvalue weighted by atomic mass is 9.90. The molecule has 7 nitrogen and oxygen atoms in total. The summed E-state index contributed by atoms with van der Waals surface area (Å²) in [5.41, 5.74) is 1.21. The van der Waals surface area contributed by atoms with Gasteiger partial charge < -0.3 is 15.8 Å². The van der Waals surface area contributed by atoms with Crippen LogP contribution in [0.3, 0.4) is 0 Å². The van der Waals surface area contributed by atoms with E-state index in [0.717, 1.165) is 17.2 Å². The predicted octanol–water partition coefficient (Wildman–Crippen LogP) is 3.89. The van der Waals surface area contributed by atoms with Crippen LogP contribution in [-0.4, -0.2) is 40.5 Å². The minimum Gasteiger partial charge on any atom is -0.342 e. The number of hydroxylamine groups is 2. The summed E-state index contributed by atoms with van der Waals surface area (Å²) in [4.78, 5) is 39.9. The van der Waals surface area contributed by atoms with E-state index in [1.54, 1.807) is 61.5 Å². The normalized spacial score (nSPS) is 20.8. The standard InChI is InChI=1S/C29H29F2N3O4/c1-18-12-13-34(38)27(21-10-6-3-7-11-21)26(28(18)36)33-29(37)25(20-8-4-2-5-9-20)32-24(35)16-19-14-22(30)17-23(31)15-19/h2-11,14-15,17-18,25-27,38H,12-13,16H2,1H3,(H,32,35)(H,33,37)/t18-,25-,26-,27+/m0/s1. The van der Waals surface area contributed by atoms with Crippen molar-refractivity contribution in [2.45, 2.75) is 37.9 Å². The van der Waals surface area contributed by atoms with Crippen molar-refractivity contribution in [3.63, 3.8) is 0 Å². The van der Waals surface area contributed by atoms with Gasteiger partial charge in [-0.2, -0.15) is 5.06 Å². The van der Waals surface area contributed by atoms with Gasteiger partial charge in [0.1, 0.15) is 23.7 Å². The van der Waals surface area contributed by atoms with Crippen molar-refractivity contribution >= 4 is 17.6 Å². The summed E-state index contributed by atoms with van der Waals surface area (Å²) in [6, 6.07) is 17.0. The number of rotatable bonds is 7. The molecule has 3 aromatic carbocycles. The van der Waals surface area contributed by atoms with Crippen molar-refractivity contribution in [1.82, 2.24) is 15.7 Å². The number of carbonyl (C=O) groups excluding carboxylic acids is 3. The molecule has 4 atom stereocenters. The molecule has 198 valence electrons. The SMILES string of the molecule is C[C@H]1CCN(O)[C@H](c2ccccc2)[C@H](NC(=O)[C@@H](NC(=O)Cc2cc(F)cc(F)c2)c2ccccc2)C1=O. The maximum atomic E-state index is 13.7. The van der Waals surface area contributed by atoms with Crippen LogP contribution >= 0.6 is 0 Å². The minimum absolute atomic E-state index is 0.111. The quantitative estimate of drug-likeness (QED) is 0.438. The van der Waals surface area contributed by atoms with Crippen LogP contribution in [0.25, 0.3) is 0 Å². The summed E-state index contributed by atoms with van der Waals surface area (Å²) >= 11 is 0. The fourth-order valence-electron chi connectivity index (χ4n) is 4.70. The molecule has 0 saturated carbocycles. The lowest BCUT2D eigenvalue weighted by molar-refractivity contribution is -0.146. The fourth-order valence-corrected chi connectivity index (χ4v) is 4.70. The molecule has 4 rings (SSSR count). The van der Waals surface area contributed by atoms with Crippen molar-refractivity contribution in [2.75, 3.05) is 6.54 Å². The number of nitrogens with zero attached hydrogens (tertiary/aromatic N) is 1. The molecule has 2 amide bonds. The summed E-state index contributed by atoms with van der Waals surface area (Å²) in [7, 11) is 0. The molecule has 38 heavy (non-hydrogen) atoms. The lowest BCUT2D eigenvalue weighted by Crippen LogP contribution is -2.52. The second kappa shape index (κ2) is 12.1. The number of nitrogens with one attached hydrogen (secondary N) is 2. The van der Waals surface area contributed by atoms with Gasteiger partial charge in [-0.1, -0.05) is 67.6 Å². The number of amides is 2. The zero-order valence-corrected chi connectivity index (χ0v) is 20.8.